The topological polar surface area (TPSA) is 115 Å². The molecule has 0 aliphatic heterocycles. The maximum absolute atomic E-state index is 13.1. The molecule has 2 aromatic carbocycles. The number of aryl methyl sites for hydroxylation is 1. The largest absolute Gasteiger partial charge is 0.293 e. The van der Waals surface area contributed by atoms with E-state index < -0.39 is 10.0 Å². The van der Waals surface area contributed by atoms with E-state index in [0.29, 0.717) is 45.6 Å². The highest BCUT2D eigenvalue weighted by Crippen LogP contribution is 2.23. The Labute approximate surface area is 201 Å². The van der Waals surface area contributed by atoms with Crippen LogP contribution in [0.15, 0.2) is 58.5 Å². The van der Waals surface area contributed by atoms with E-state index in [1.54, 1.807) is 34.9 Å². The number of sulfonamides is 1. The van der Waals surface area contributed by atoms with E-state index in [2.05, 4.69) is 28.8 Å². The highest BCUT2D eigenvalue weighted by molar-refractivity contribution is 7.99. The molecule has 0 radical (unpaired) electrons. The third kappa shape index (κ3) is 5.15. The summed E-state index contributed by atoms with van der Waals surface area (Å²) in [5.74, 6) is 0.853. The van der Waals surface area contributed by atoms with Crippen molar-refractivity contribution >= 4 is 49.9 Å². The molecule has 9 nitrogen and oxygen atoms in total. The second-order valence-corrected chi connectivity index (χ2v) is 11.1. The van der Waals surface area contributed by atoms with Gasteiger partial charge in [0.15, 0.2) is 10.9 Å². The van der Waals surface area contributed by atoms with E-state index in [1.807, 2.05) is 22.6 Å². The first-order valence-electron chi connectivity index (χ1n) is 10.7. The number of anilines is 1. The summed E-state index contributed by atoms with van der Waals surface area (Å²) in [6.07, 6.45) is 1.89. The highest BCUT2D eigenvalue weighted by atomic mass is 32.2. The number of carbonyl (C=O) groups is 1. The molecule has 34 heavy (non-hydrogen) atoms. The molecule has 178 valence electrons. The predicted octanol–water partition coefficient (Wildman–Crippen LogP) is 3.44. The number of ketones is 1. The van der Waals surface area contributed by atoms with E-state index in [4.69, 9.17) is 0 Å². The Bertz CT molecular complexity index is 1520. The van der Waals surface area contributed by atoms with Crippen LogP contribution in [-0.2, 0) is 16.6 Å². The Morgan fingerprint density at radius 1 is 1.09 bits per heavy atom. The van der Waals surface area contributed by atoms with Crippen molar-refractivity contribution in [2.75, 3.05) is 16.7 Å². The number of benzene rings is 2. The van der Waals surface area contributed by atoms with E-state index in [-0.39, 0.29) is 17.1 Å². The van der Waals surface area contributed by atoms with Gasteiger partial charge in [0.1, 0.15) is 0 Å². The van der Waals surface area contributed by atoms with Gasteiger partial charge in [-0.25, -0.2) is 8.42 Å². The molecule has 0 aliphatic carbocycles. The third-order valence-electron chi connectivity index (χ3n) is 5.25. The van der Waals surface area contributed by atoms with Crippen molar-refractivity contribution in [1.29, 1.82) is 0 Å². The van der Waals surface area contributed by atoms with E-state index in [1.165, 1.54) is 11.8 Å². The number of hydrogen-bond acceptors (Lipinski definition) is 7. The van der Waals surface area contributed by atoms with Gasteiger partial charge in [0, 0.05) is 17.8 Å². The number of hydrogen-bond donors (Lipinski definition) is 1. The molecule has 2 heterocycles. The maximum atomic E-state index is 13.1. The van der Waals surface area contributed by atoms with Crippen LogP contribution in [0.2, 0.25) is 0 Å². The minimum atomic E-state index is -3.39. The first-order chi connectivity index (χ1) is 16.1. The zero-order chi connectivity index (χ0) is 24.5. The summed E-state index contributed by atoms with van der Waals surface area (Å²) < 4.78 is 28.6. The van der Waals surface area contributed by atoms with Gasteiger partial charge in [-0.3, -0.25) is 23.3 Å². The van der Waals surface area contributed by atoms with Crippen molar-refractivity contribution in [3.8, 4) is 0 Å². The van der Waals surface area contributed by atoms with Crippen LogP contribution in [0.5, 0.6) is 0 Å². The van der Waals surface area contributed by atoms with Gasteiger partial charge in [-0.15, -0.1) is 10.2 Å². The molecule has 4 rings (SSSR count). The molecule has 0 fully saturated rings. The number of thioether (sulfide) groups is 1. The molecule has 4 aromatic rings. The Morgan fingerprint density at radius 2 is 1.79 bits per heavy atom. The van der Waals surface area contributed by atoms with Crippen LogP contribution >= 0.6 is 11.8 Å². The quantitative estimate of drug-likeness (QED) is 0.277. The van der Waals surface area contributed by atoms with Crippen LogP contribution in [0.25, 0.3) is 16.7 Å². The molecule has 0 atom stereocenters. The Balaban J connectivity index is 1.63. The average Bonchev–Trinajstić information content (AvgIpc) is 3.20. The molecule has 0 saturated heterocycles. The lowest BCUT2D eigenvalue weighted by molar-refractivity contribution is 0.102. The lowest BCUT2D eigenvalue weighted by Crippen LogP contribution is -2.24. The monoisotopic (exact) mass is 499 g/mol. The van der Waals surface area contributed by atoms with Gasteiger partial charge in [-0.05, 0) is 48.7 Å². The number of rotatable bonds is 9. The molecule has 11 heteroatoms. The fourth-order valence-electron chi connectivity index (χ4n) is 3.57. The van der Waals surface area contributed by atoms with Crippen LogP contribution in [0.4, 0.5) is 5.69 Å². The van der Waals surface area contributed by atoms with Crippen LogP contribution in [0, 0.1) is 5.92 Å². The first-order valence-corrected chi connectivity index (χ1v) is 13.6. The Morgan fingerprint density at radius 3 is 2.47 bits per heavy atom. The number of carbonyl (C=O) groups excluding carboxylic acids is 1. The van der Waals surface area contributed by atoms with Crippen molar-refractivity contribution in [1.82, 2.24) is 19.2 Å². The molecular weight excluding hydrogens is 474 g/mol. The lowest BCUT2D eigenvalue weighted by atomic mass is 10.1. The number of nitrogens with one attached hydrogen (secondary N) is 1. The minimum absolute atomic E-state index is 0.105. The second-order valence-electron chi connectivity index (χ2n) is 8.44. The molecule has 0 unspecified atom stereocenters. The van der Waals surface area contributed by atoms with Gasteiger partial charge in [0.2, 0.25) is 15.8 Å². The van der Waals surface area contributed by atoms with Crippen molar-refractivity contribution in [3.63, 3.8) is 0 Å². The van der Waals surface area contributed by atoms with Gasteiger partial charge in [0.25, 0.3) is 5.56 Å². The van der Waals surface area contributed by atoms with E-state index >= 15 is 0 Å². The number of Topliss-reactive ketones (excluding diaryl/α,β-unsaturated/α-hetero) is 1. The minimum Gasteiger partial charge on any atom is -0.293 e. The molecule has 0 amide bonds. The molecular formula is C23H25N5O4S2. The Hall–Kier alpha value is -3.18. The number of fused-ring (bicyclic) bond motifs is 3. The van der Waals surface area contributed by atoms with Crippen LogP contribution < -0.4 is 10.3 Å². The molecule has 0 bridgehead atoms. The fraction of sp³-hybridized carbons (Fsp3) is 0.304. The van der Waals surface area contributed by atoms with E-state index in [0.717, 1.165) is 12.7 Å². The first kappa shape index (κ1) is 24.0. The summed E-state index contributed by atoms with van der Waals surface area (Å²) in [6, 6.07) is 13.6. The summed E-state index contributed by atoms with van der Waals surface area (Å²) in [5.41, 5.74) is 1.44. The summed E-state index contributed by atoms with van der Waals surface area (Å²) >= 11 is 1.24. The predicted molar refractivity (Wildman–Crippen MR) is 134 cm³/mol. The standard InChI is InChI=1S/C23H25N5O4S2/c1-15(2)12-13-27-21(30)18-6-4-5-7-19(18)28-22(27)24-25-23(28)33-14-20(29)16-8-10-17(11-9-16)26-34(3,31)32/h4-11,15,26H,12-14H2,1-3H3. The number of aromatic nitrogens is 4. The maximum Gasteiger partial charge on any atom is 0.262 e. The van der Waals surface area contributed by atoms with Crippen LogP contribution in [0.3, 0.4) is 0 Å². The highest BCUT2D eigenvalue weighted by Gasteiger charge is 2.18. The van der Waals surface area contributed by atoms with Crippen molar-refractivity contribution in [3.05, 3.63) is 64.4 Å². The van der Waals surface area contributed by atoms with Crippen LogP contribution in [-0.4, -0.2) is 45.4 Å². The molecule has 0 saturated carbocycles. The second kappa shape index (κ2) is 9.59. The average molecular weight is 500 g/mol. The van der Waals surface area contributed by atoms with Crippen molar-refractivity contribution in [2.45, 2.75) is 32.0 Å². The fourth-order valence-corrected chi connectivity index (χ4v) is 4.97. The normalized spacial score (nSPS) is 12.0. The summed E-state index contributed by atoms with van der Waals surface area (Å²) in [4.78, 5) is 25.9. The number of nitrogens with zero attached hydrogens (tertiary/aromatic N) is 4. The SMILES string of the molecule is CC(C)CCn1c(=O)c2ccccc2n2c(SCC(=O)c3ccc(NS(C)(=O)=O)cc3)nnc12. The molecule has 2 aromatic heterocycles. The van der Waals surface area contributed by atoms with Crippen molar-refractivity contribution in [2.24, 2.45) is 5.92 Å². The number of para-hydroxylation sites is 1. The summed E-state index contributed by atoms with van der Waals surface area (Å²) in [7, 11) is -3.39. The Kier molecular flexibility index (Phi) is 6.76. The lowest BCUT2D eigenvalue weighted by Gasteiger charge is -2.12. The van der Waals surface area contributed by atoms with E-state index in [9.17, 15) is 18.0 Å². The zero-order valence-corrected chi connectivity index (χ0v) is 20.7. The van der Waals surface area contributed by atoms with Gasteiger partial charge in [0.05, 0.1) is 22.9 Å². The van der Waals surface area contributed by atoms with Gasteiger partial charge in [-0.2, -0.15) is 0 Å². The third-order valence-corrected chi connectivity index (χ3v) is 6.79. The van der Waals surface area contributed by atoms with Gasteiger partial charge in [-0.1, -0.05) is 37.7 Å². The van der Waals surface area contributed by atoms with Gasteiger partial charge < -0.3 is 0 Å². The van der Waals surface area contributed by atoms with Crippen molar-refractivity contribution < 1.29 is 13.2 Å². The zero-order valence-electron chi connectivity index (χ0n) is 19.1. The smallest absolute Gasteiger partial charge is 0.262 e. The summed E-state index contributed by atoms with van der Waals surface area (Å²) in [5, 5.41) is 9.66. The molecule has 0 spiro atoms. The van der Waals surface area contributed by atoms with Crippen LogP contribution in [0.1, 0.15) is 30.6 Å². The molecule has 1 N–H and O–H groups in total. The summed E-state index contributed by atoms with van der Waals surface area (Å²) in [6.45, 7) is 4.73. The molecule has 0 aliphatic rings. The van der Waals surface area contributed by atoms with Gasteiger partial charge >= 0.3 is 0 Å².